The van der Waals surface area contributed by atoms with Crippen LogP contribution < -0.4 is 0 Å². The van der Waals surface area contributed by atoms with Gasteiger partial charge in [-0.1, -0.05) is 32.9 Å². The third-order valence-electron chi connectivity index (χ3n) is 2.86. The zero-order valence-corrected chi connectivity index (χ0v) is 11.6. The van der Waals surface area contributed by atoms with Gasteiger partial charge in [0.05, 0.1) is 16.6 Å². The lowest BCUT2D eigenvalue weighted by Gasteiger charge is -2.16. The van der Waals surface area contributed by atoms with Gasteiger partial charge in [-0.15, -0.1) is 0 Å². The Bertz CT molecular complexity index is 623. The van der Waals surface area contributed by atoms with Gasteiger partial charge in [-0.2, -0.15) is 0 Å². The van der Waals surface area contributed by atoms with Crippen molar-refractivity contribution in [1.29, 1.82) is 0 Å². The van der Waals surface area contributed by atoms with E-state index < -0.39 is 5.97 Å². The normalized spacial score (nSPS) is 12.0. The van der Waals surface area contributed by atoms with Gasteiger partial charge in [0, 0.05) is 5.69 Å². The summed E-state index contributed by atoms with van der Waals surface area (Å²) < 4.78 is 5.20. The standard InChI is InChI=1S/C14H18N2O3/c1-5-8-6-9(13(17)18)11-10(7-14(2,3)4)16-19-12(11)15-8/h6H,5,7H2,1-4H3,(H,17,18). The Balaban J connectivity index is 2.66. The number of carbonyl (C=O) groups is 1. The van der Waals surface area contributed by atoms with Crippen molar-refractivity contribution in [1.82, 2.24) is 10.1 Å². The van der Waals surface area contributed by atoms with Crippen LogP contribution in [0, 0.1) is 5.41 Å². The fourth-order valence-corrected chi connectivity index (χ4v) is 2.03. The fourth-order valence-electron chi connectivity index (χ4n) is 2.03. The van der Waals surface area contributed by atoms with E-state index in [0.717, 1.165) is 0 Å². The summed E-state index contributed by atoms with van der Waals surface area (Å²) in [6.07, 6.45) is 1.30. The lowest BCUT2D eigenvalue weighted by molar-refractivity contribution is 0.0698. The van der Waals surface area contributed by atoms with Gasteiger partial charge in [0.2, 0.25) is 0 Å². The predicted octanol–water partition coefficient (Wildman–Crippen LogP) is 3.07. The van der Waals surface area contributed by atoms with Crippen LogP contribution >= 0.6 is 0 Å². The van der Waals surface area contributed by atoms with Gasteiger partial charge in [-0.3, -0.25) is 0 Å². The highest BCUT2D eigenvalue weighted by molar-refractivity contribution is 6.02. The molecular formula is C14H18N2O3. The summed E-state index contributed by atoms with van der Waals surface area (Å²) in [6, 6.07) is 1.61. The number of nitrogens with zero attached hydrogens (tertiary/aromatic N) is 2. The van der Waals surface area contributed by atoms with E-state index in [4.69, 9.17) is 4.52 Å². The molecule has 0 saturated carbocycles. The van der Waals surface area contributed by atoms with Crippen LogP contribution in [0.5, 0.6) is 0 Å². The maximum absolute atomic E-state index is 11.4. The number of carboxylic acids is 1. The van der Waals surface area contributed by atoms with Gasteiger partial charge in [0.25, 0.3) is 5.71 Å². The van der Waals surface area contributed by atoms with Crippen molar-refractivity contribution in [2.45, 2.75) is 40.5 Å². The Hall–Kier alpha value is -1.91. The highest BCUT2D eigenvalue weighted by Gasteiger charge is 2.23. The summed E-state index contributed by atoms with van der Waals surface area (Å²) in [6.45, 7) is 8.14. The third-order valence-corrected chi connectivity index (χ3v) is 2.86. The second-order valence-corrected chi connectivity index (χ2v) is 5.87. The van der Waals surface area contributed by atoms with Crippen LogP contribution in [-0.2, 0) is 12.8 Å². The van der Waals surface area contributed by atoms with Gasteiger partial charge in [0.1, 0.15) is 0 Å². The van der Waals surface area contributed by atoms with Crippen molar-refractivity contribution in [3.05, 3.63) is 23.0 Å². The monoisotopic (exact) mass is 262 g/mol. The fraction of sp³-hybridized carbons (Fsp3) is 0.500. The molecule has 0 aliphatic carbocycles. The highest BCUT2D eigenvalue weighted by Crippen LogP contribution is 2.28. The van der Waals surface area contributed by atoms with Crippen molar-refractivity contribution in [2.75, 3.05) is 0 Å². The van der Waals surface area contributed by atoms with E-state index in [1.165, 1.54) is 0 Å². The van der Waals surface area contributed by atoms with E-state index in [1.807, 2.05) is 6.92 Å². The van der Waals surface area contributed by atoms with Crippen molar-refractivity contribution in [3.8, 4) is 0 Å². The van der Waals surface area contributed by atoms with E-state index in [9.17, 15) is 9.90 Å². The van der Waals surface area contributed by atoms with Gasteiger partial charge < -0.3 is 9.63 Å². The molecule has 0 aromatic carbocycles. The average molecular weight is 262 g/mol. The zero-order valence-electron chi connectivity index (χ0n) is 11.6. The molecule has 0 fully saturated rings. The predicted molar refractivity (Wildman–Crippen MR) is 71.3 cm³/mol. The molecule has 0 atom stereocenters. The molecule has 5 heteroatoms. The number of aromatic carboxylic acids is 1. The Labute approximate surface area is 111 Å². The summed E-state index contributed by atoms with van der Waals surface area (Å²) in [7, 11) is 0. The molecule has 0 aliphatic heterocycles. The molecule has 0 saturated heterocycles. The van der Waals surface area contributed by atoms with E-state index >= 15 is 0 Å². The summed E-state index contributed by atoms with van der Waals surface area (Å²) in [5.41, 5.74) is 1.90. The molecule has 2 aromatic heterocycles. The second-order valence-electron chi connectivity index (χ2n) is 5.87. The molecule has 2 heterocycles. The number of aromatic nitrogens is 2. The Morgan fingerprint density at radius 2 is 2.11 bits per heavy atom. The topological polar surface area (TPSA) is 76.2 Å². The van der Waals surface area contributed by atoms with Crippen molar-refractivity contribution in [2.24, 2.45) is 5.41 Å². The lowest BCUT2D eigenvalue weighted by atomic mass is 9.89. The molecule has 0 bridgehead atoms. The molecule has 0 radical (unpaired) electrons. The first kappa shape index (κ1) is 13.5. The van der Waals surface area contributed by atoms with Crippen LogP contribution in [-0.4, -0.2) is 21.2 Å². The number of aryl methyl sites for hydroxylation is 1. The highest BCUT2D eigenvalue weighted by atomic mass is 16.5. The first-order chi connectivity index (χ1) is 8.81. The zero-order chi connectivity index (χ0) is 14.2. The number of pyridine rings is 1. The second kappa shape index (κ2) is 4.64. The molecule has 1 N–H and O–H groups in total. The lowest BCUT2D eigenvalue weighted by Crippen LogP contribution is -2.11. The Morgan fingerprint density at radius 3 is 2.63 bits per heavy atom. The number of rotatable bonds is 3. The minimum absolute atomic E-state index is 0.00298. The molecule has 0 spiro atoms. The maximum Gasteiger partial charge on any atom is 0.336 e. The minimum Gasteiger partial charge on any atom is -0.478 e. The first-order valence-corrected chi connectivity index (χ1v) is 6.33. The third kappa shape index (κ3) is 2.75. The van der Waals surface area contributed by atoms with Crippen LogP contribution in [0.3, 0.4) is 0 Å². The number of carboxylic acid groups (broad SMARTS) is 1. The largest absolute Gasteiger partial charge is 0.478 e. The molecule has 2 aromatic rings. The molecule has 0 aliphatic rings. The van der Waals surface area contributed by atoms with Crippen LogP contribution in [0.25, 0.3) is 11.1 Å². The molecule has 19 heavy (non-hydrogen) atoms. The van der Waals surface area contributed by atoms with Gasteiger partial charge in [0.15, 0.2) is 0 Å². The summed E-state index contributed by atoms with van der Waals surface area (Å²) in [4.78, 5) is 15.7. The van der Waals surface area contributed by atoms with Crippen LogP contribution in [0.1, 0.15) is 49.4 Å². The van der Waals surface area contributed by atoms with E-state index in [2.05, 4.69) is 30.9 Å². The average Bonchev–Trinajstić information content (AvgIpc) is 2.68. The van der Waals surface area contributed by atoms with Crippen LogP contribution in [0.15, 0.2) is 10.6 Å². The van der Waals surface area contributed by atoms with Crippen molar-refractivity contribution < 1.29 is 14.4 Å². The van der Waals surface area contributed by atoms with E-state index in [1.54, 1.807) is 6.07 Å². The number of hydrogen-bond donors (Lipinski definition) is 1. The smallest absolute Gasteiger partial charge is 0.336 e. The van der Waals surface area contributed by atoms with Crippen molar-refractivity contribution in [3.63, 3.8) is 0 Å². The minimum atomic E-state index is -0.972. The summed E-state index contributed by atoms with van der Waals surface area (Å²) in [5, 5.41) is 13.9. The number of fused-ring (bicyclic) bond motifs is 1. The van der Waals surface area contributed by atoms with Gasteiger partial charge in [-0.25, -0.2) is 9.78 Å². The van der Waals surface area contributed by atoms with Gasteiger partial charge in [-0.05, 0) is 24.3 Å². The Morgan fingerprint density at radius 1 is 1.42 bits per heavy atom. The van der Waals surface area contributed by atoms with Crippen LogP contribution in [0.4, 0.5) is 0 Å². The molecule has 0 unspecified atom stereocenters. The molecule has 5 nitrogen and oxygen atoms in total. The molecule has 102 valence electrons. The van der Waals surface area contributed by atoms with E-state index in [-0.39, 0.29) is 11.0 Å². The van der Waals surface area contributed by atoms with E-state index in [0.29, 0.717) is 35.3 Å². The number of hydrogen-bond acceptors (Lipinski definition) is 4. The molecular weight excluding hydrogens is 244 g/mol. The first-order valence-electron chi connectivity index (χ1n) is 6.33. The molecule has 0 amide bonds. The quantitative estimate of drug-likeness (QED) is 0.919. The van der Waals surface area contributed by atoms with Crippen molar-refractivity contribution >= 4 is 17.1 Å². The maximum atomic E-state index is 11.4. The summed E-state index contributed by atoms with van der Waals surface area (Å²) >= 11 is 0. The molecule has 2 rings (SSSR count). The Kier molecular flexibility index (Phi) is 3.30. The van der Waals surface area contributed by atoms with Gasteiger partial charge >= 0.3 is 5.97 Å². The SMILES string of the molecule is CCc1cc(C(=O)O)c2c(CC(C)(C)C)noc2n1. The summed E-state index contributed by atoms with van der Waals surface area (Å²) in [5.74, 6) is -0.972. The van der Waals surface area contributed by atoms with Crippen LogP contribution in [0.2, 0.25) is 0 Å².